The second-order valence-corrected chi connectivity index (χ2v) is 3.84. The van der Waals surface area contributed by atoms with Crippen LogP contribution in [-0.2, 0) is 0 Å². The Labute approximate surface area is 88.9 Å². The number of carbonyl (C=O) groups is 1. The Kier molecular flexibility index (Phi) is 2.23. The summed E-state index contributed by atoms with van der Waals surface area (Å²) < 4.78 is 1.66. The van der Waals surface area contributed by atoms with Crippen molar-refractivity contribution in [3.8, 4) is 0 Å². The molecule has 0 saturated carbocycles. The molecule has 0 bridgehead atoms. The monoisotopic (exact) mass is 202 g/mol. The first-order valence-electron chi connectivity index (χ1n) is 4.89. The van der Waals surface area contributed by atoms with E-state index in [1.165, 1.54) is 0 Å². The van der Waals surface area contributed by atoms with Crippen LogP contribution in [0.25, 0.3) is 10.9 Å². The van der Waals surface area contributed by atoms with Crippen LogP contribution < -0.4 is 4.90 Å². The number of fused-ring (bicyclic) bond motifs is 1. The average molecular weight is 202 g/mol. The molecule has 0 amide bonds. The number of carbonyl (C=O) groups excluding carboxylic acids is 1. The molecule has 3 heteroatoms. The molecule has 0 aliphatic heterocycles. The van der Waals surface area contributed by atoms with Crippen LogP contribution in [0.15, 0.2) is 30.5 Å². The molecule has 0 atom stereocenters. The Hall–Kier alpha value is -1.77. The highest BCUT2D eigenvalue weighted by atomic mass is 16.1. The summed E-state index contributed by atoms with van der Waals surface area (Å²) in [5, 5.41) is 1.09. The highest BCUT2D eigenvalue weighted by Gasteiger charge is 2.05. The lowest BCUT2D eigenvalue weighted by Gasteiger charge is -2.12. The molecular formula is C12H14N2O. The van der Waals surface area contributed by atoms with Gasteiger partial charge < -0.3 is 4.90 Å². The summed E-state index contributed by atoms with van der Waals surface area (Å²) in [5.74, 6) is 0.0441. The van der Waals surface area contributed by atoms with Gasteiger partial charge in [0.1, 0.15) is 0 Å². The Bertz CT molecular complexity index is 511. The van der Waals surface area contributed by atoms with Crippen LogP contribution in [0.5, 0.6) is 0 Å². The third-order valence-corrected chi connectivity index (χ3v) is 2.53. The van der Waals surface area contributed by atoms with E-state index in [0.717, 1.165) is 16.6 Å². The molecule has 2 aromatic rings. The van der Waals surface area contributed by atoms with Crippen LogP contribution in [-0.4, -0.2) is 24.6 Å². The van der Waals surface area contributed by atoms with Crippen molar-refractivity contribution in [2.75, 3.05) is 19.0 Å². The third-order valence-electron chi connectivity index (χ3n) is 2.53. The molecule has 0 saturated heterocycles. The number of nitrogens with zero attached hydrogens (tertiary/aromatic N) is 2. The van der Waals surface area contributed by atoms with E-state index in [2.05, 4.69) is 6.07 Å². The number of aromatic nitrogens is 1. The van der Waals surface area contributed by atoms with E-state index >= 15 is 0 Å². The molecule has 3 nitrogen and oxygen atoms in total. The summed E-state index contributed by atoms with van der Waals surface area (Å²) in [6.07, 6.45) is 1.81. The highest BCUT2D eigenvalue weighted by Crippen LogP contribution is 2.21. The fraction of sp³-hybridized carbons (Fsp3) is 0.250. The van der Waals surface area contributed by atoms with Crippen molar-refractivity contribution in [2.45, 2.75) is 6.92 Å². The van der Waals surface area contributed by atoms with Crippen molar-refractivity contribution in [3.05, 3.63) is 30.5 Å². The highest BCUT2D eigenvalue weighted by molar-refractivity contribution is 5.92. The first-order valence-corrected chi connectivity index (χ1v) is 4.89. The number of hydrogen-bond acceptors (Lipinski definition) is 2. The van der Waals surface area contributed by atoms with Crippen molar-refractivity contribution >= 4 is 22.5 Å². The maximum absolute atomic E-state index is 11.3. The van der Waals surface area contributed by atoms with Gasteiger partial charge in [-0.1, -0.05) is 0 Å². The molecule has 0 fully saturated rings. The maximum Gasteiger partial charge on any atom is 0.227 e. The van der Waals surface area contributed by atoms with Crippen LogP contribution in [0.3, 0.4) is 0 Å². The molecule has 0 spiro atoms. The first-order chi connectivity index (χ1) is 7.09. The molecule has 15 heavy (non-hydrogen) atoms. The fourth-order valence-electron chi connectivity index (χ4n) is 1.68. The molecule has 0 aliphatic carbocycles. The standard InChI is InChI=1S/C12H14N2O/c1-9(15)14-7-6-10-8-11(13(2)3)4-5-12(10)14/h4-8H,1-3H3. The number of hydrogen-bond donors (Lipinski definition) is 0. The van der Waals surface area contributed by atoms with Gasteiger partial charge in [-0.2, -0.15) is 0 Å². The summed E-state index contributed by atoms with van der Waals surface area (Å²) in [7, 11) is 4.01. The van der Waals surface area contributed by atoms with Crippen molar-refractivity contribution in [3.63, 3.8) is 0 Å². The minimum Gasteiger partial charge on any atom is -0.378 e. The summed E-state index contributed by atoms with van der Waals surface area (Å²) in [4.78, 5) is 13.3. The molecular weight excluding hydrogens is 188 g/mol. The Balaban J connectivity index is 2.61. The van der Waals surface area contributed by atoms with Crippen molar-refractivity contribution in [1.29, 1.82) is 0 Å². The molecule has 1 aromatic carbocycles. The molecule has 78 valence electrons. The second kappa shape index (κ2) is 3.42. The van der Waals surface area contributed by atoms with Crippen LogP contribution in [0.4, 0.5) is 5.69 Å². The van der Waals surface area contributed by atoms with Gasteiger partial charge in [0, 0.05) is 38.3 Å². The van der Waals surface area contributed by atoms with Gasteiger partial charge in [-0.25, -0.2) is 0 Å². The van der Waals surface area contributed by atoms with Crippen molar-refractivity contribution < 1.29 is 4.79 Å². The van der Waals surface area contributed by atoms with E-state index in [4.69, 9.17) is 0 Å². The number of benzene rings is 1. The van der Waals surface area contributed by atoms with Gasteiger partial charge in [0.2, 0.25) is 5.91 Å². The maximum atomic E-state index is 11.3. The van der Waals surface area contributed by atoms with E-state index in [-0.39, 0.29) is 5.91 Å². The Morgan fingerprint density at radius 2 is 2.00 bits per heavy atom. The van der Waals surface area contributed by atoms with Gasteiger partial charge in [-0.05, 0) is 24.3 Å². The van der Waals surface area contributed by atoms with Gasteiger partial charge in [0.25, 0.3) is 0 Å². The first kappa shape index (κ1) is 9.77. The quantitative estimate of drug-likeness (QED) is 0.709. The zero-order valence-electron chi connectivity index (χ0n) is 9.19. The van der Waals surface area contributed by atoms with Crippen LogP contribution in [0, 0.1) is 0 Å². The molecule has 0 aliphatic rings. The number of anilines is 1. The van der Waals surface area contributed by atoms with Crippen LogP contribution >= 0.6 is 0 Å². The Morgan fingerprint density at radius 3 is 2.60 bits per heavy atom. The van der Waals surface area contributed by atoms with Gasteiger partial charge in [-0.15, -0.1) is 0 Å². The summed E-state index contributed by atoms with van der Waals surface area (Å²) in [5.41, 5.74) is 2.11. The van der Waals surface area contributed by atoms with Gasteiger partial charge in [0.05, 0.1) is 5.52 Å². The third kappa shape index (κ3) is 1.61. The van der Waals surface area contributed by atoms with Crippen molar-refractivity contribution in [1.82, 2.24) is 4.57 Å². The SMILES string of the molecule is CC(=O)n1ccc2cc(N(C)C)ccc21. The van der Waals surface area contributed by atoms with Crippen LogP contribution in [0.2, 0.25) is 0 Å². The zero-order valence-corrected chi connectivity index (χ0v) is 9.19. The van der Waals surface area contributed by atoms with Crippen LogP contribution in [0.1, 0.15) is 11.7 Å². The number of rotatable bonds is 1. The van der Waals surface area contributed by atoms with E-state index < -0.39 is 0 Å². The molecule has 0 unspecified atom stereocenters. The summed E-state index contributed by atoms with van der Waals surface area (Å²) >= 11 is 0. The van der Waals surface area contributed by atoms with Gasteiger partial charge in [-0.3, -0.25) is 9.36 Å². The Morgan fingerprint density at radius 1 is 1.27 bits per heavy atom. The molecule has 1 aromatic heterocycles. The van der Waals surface area contributed by atoms with E-state index in [9.17, 15) is 4.79 Å². The molecule has 0 radical (unpaired) electrons. The second-order valence-electron chi connectivity index (χ2n) is 3.84. The largest absolute Gasteiger partial charge is 0.378 e. The minimum atomic E-state index is 0.0441. The molecule has 2 rings (SSSR count). The topological polar surface area (TPSA) is 25.2 Å². The lowest BCUT2D eigenvalue weighted by molar-refractivity contribution is 0.0941. The molecule has 1 heterocycles. The lowest BCUT2D eigenvalue weighted by Crippen LogP contribution is -2.08. The van der Waals surface area contributed by atoms with E-state index in [1.54, 1.807) is 11.5 Å². The lowest BCUT2D eigenvalue weighted by atomic mass is 10.2. The predicted octanol–water partition coefficient (Wildman–Crippen LogP) is 2.37. The average Bonchev–Trinajstić information content (AvgIpc) is 2.59. The zero-order chi connectivity index (χ0) is 11.0. The smallest absolute Gasteiger partial charge is 0.227 e. The summed E-state index contributed by atoms with van der Waals surface area (Å²) in [6.45, 7) is 1.57. The minimum absolute atomic E-state index is 0.0441. The molecule has 0 N–H and O–H groups in total. The summed E-state index contributed by atoms with van der Waals surface area (Å²) in [6, 6.07) is 8.03. The fourth-order valence-corrected chi connectivity index (χ4v) is 1.68. The van der Waals surface area contributed by atoms with Gasteiger partial charge >= 0.3 is 0 Å². The normalized spacial score (nSPS) is 10.6. The predicted molar refractivity (Wildman–Crippen MR) is 62.6 cm³/mol. The van der Waals surface area contributed by atoms with Crippen molar-refractivity contribution in [2.24, 2.45) is 0 Å². The van der Waals surface area contributed by atoms with E-state index in [0.29, 0.717) is 0 Å². The van der Waals surface area contributed by atoms with E-state index in [1.807, 2.05) is 43.4 Å². The van der Waals surface area contributed by atoms with Gasteiger partial charge in [0.15, 0.2) is 0 Å².